The van der Waals surface area contributed by atoms with Crippen LogP contribution in [0.4, 0.5) is 5.69 Å². The minimum Gasteiger partial charge on any atom is -0.467 e. The molecule has 0 bridgehead atoms. The fourth-order valence-corrected chi connectivity index (χ4v) is 3.66. The van der Waals surface area contributed by atoms with E-state index in [-0.39, 0.29) is 18.7 Å². The Hall–Kier alpha value is -4.46. The number of anilines is 1. The van der Waals surface area contributed by atoms with Crippen molar-refractivity contribution in [1.82, 2.24) is 10.6 Å². The zero-order valence-electron chi connectivity index (χ0n) is 20.2. The van der Waals surface area contributed by atoms with Crippen molar-refractivity contribution in [3.05, 3.63) is 102 Å². The summed E-state index contributed by atoms with van der Waals surface area (Å²) in [6.45, 7) is 1.42. The molecule has 186 valence electrons. The summed E-state index contributed by atoms with van der Waals surface area (Å²) >= 11 is 0. The fourth-order valence-electron chi connectivity index (χ4n) is 3.66. The molecule has 0 spiro atoms. The average Bonchev–Trinajstić information content (AvgIpc) is 2.89. The Kier molecular flexibility index (Phi) is 9.33. The maximum atomic E-state index is 13.4. The van der Waals surface area contributed by atoms with Crippen molar-refractivity contribution < 1.29 is 23.9 Å². The van der Waals surface area contributed by atoms with Crippen LogP contribution in [0.2, 0.25) is 0 Å². The number of methoxy groups -OCH3 is 1. The Morgan fingerprint density at radius 2 is 1.28 bits per heavy atom. The summed E-state index contributed by atoms with van der Waals surface area (Å²) in [5.41, 5.74) is 2.64. The van der Waals surface area contributed by atoms with E-state index >= 15 is 0 Å². The number of ether oxygens (including phenoxy) is 1. The van der Waals surface area contributed by atoms with Gasteiger partial charge in [0.15, 0.2) is 0 Å². The highest BCUT2D eigenvalue weighted by Gasteiger charge is 2.28. The largest absolute Gasteiger partial charge is 0.467 e. The van der Waals surface area contributed by atoms with E-state index in [4.69, 9.17) is 4.74 Å². The van der Waals surface area contributed by atoms with Gasteiger partial charge in [-0.05, 0) is 35.4 Å². The Balaban J connectivity index is 1.80. The van der Waals surface area contributed by atoms with Gasteiger partial charge in [0.25, 0.3) is 5.91 Å². The van der Waals surface area contributed by atoms with Crippen LogP contribution < -0.4 is 16.0 Å². The van der Waals surface area contributed by atoms with Gasteiger partial charge in [0.2, 0.25) is 11.8 Å². The zero-order valence-corrected chi connectivity index (χ0v) is 20.2. The van der Waals surface area contributed by atoms with Crippen molar-refractivity contribution in [3.8, 4) is 0 Å². The first-order valence-corrected chi connectivity index (χ1v) is 11.5. The van der Waals surface area contributed by atoms with E-state index in [0.29, 0.717) is 11.3 Å². The van der Waals surface area contributed by atoms with E-state index in [1.54, 1.807) is 54.6 Å². The van der Waals surface area contributed by atoms with E-state index in [1.807, 2.05) is 30.3 Å². The second kappa shape index (κ2) is 12.9. The van der Waals surface area contributed by atoms with Gasteiger partial charge in [-0.15, -0.1) is 0 Å². The maximum Gasteiger partial charge on any atom is 0.328 e. The predicted molar refractivity (Wildman–Crippen MR) is 136 cm³/mol. The highest BCUT2D eigenvalue weighted by Crippen LogP contribution is 2.13. The quantitative estimate of drug-likeness (QED) is 0.381. The van der Waals surface area contributed by atoms with E-state index < -0.39 is 29.9 Å². The Labute approximate surface area is 210 Å². The number of rotatable bonds is 10. The van der Waals surface area contributed by atoms with Crippen molar-refractivity contribution in [1.29, 1.82) is 0 Å². The third kappa shape index (κ3) is 7.80. The molecule has 0 fully saturated rings. The van der Waals surface area contributed by atoms with E-state index in [2.05, 4.69) is 16.0 Å². The van der Waals surface area contributed by atoms with Crippen molar-refractivity contribution in [2.45, 2.75) is 31.8 Å². The molecule has 0 radical (unpaired) electrons. The van der Waals surface area contributed by atoms with Crippen LogP contribution in [-0.4, -0.2) is 42.9 Å². The Morgan fingerprint density at radius 3 is 1.86 bits per heavy atom. The normalized spacial score (nSPS) is 12.1. The third-order valence-corrected chi connectivity index (χ3v) is 5.46. The number of amides is 3. The number of carbonyl (C=O) groups is 4. The Bertz CT molecular complexity index is 1180. The predicted octanol–water partition coefficient (Wildman–Crippen LogP) is 2.89. The average molecular weight is 488 g/mol. The summed E-state index contributed by atoms with van der Waals surface area (Å²) in [5.74, 6) is -1.71. The van der Waals surface area contributed by atoms with Crippen LogP contribution in [-0.2, 0) is 32.0 Å². The number of benzene rings is 3. The van der Waals surface area contributed by atoms with Crippen LogP contribution in [0.3, 0.4) is 0 Å². The molecular weight excluding hydrogens is 458 g/mol. The van der Waals surface area contributed by atoms with Crippen molar-refractivity contribution in [3.63, 3.8) is 0 Å². The summed E-state index contributed by atoms with van der Waals surface area (Å²) in [4.78, 5) is 49.9. The standard InChI is InChI=1S/C28H29N3O5/c1-19(32)29-23-15-13-21(14-16-23)17-24(30-26(33)22-11-7-4-8-12-22)27(34)31-25(28(35)36-2)18-20-9-5-3-6-10-20/h3-16,24-25H,17-18H2,1-2H3,(H,29,32)(H,30,33)(H,31,34)/t24-,25?/m0/s1. The topological polar surface area (TPSA) is 114 Å². The highest BCUT2D eigenvalue weighted by molar-refractivity contribution is 5.98. The summed E-state index contributed by atoms with van der Waals surface area (Å²) in [6.07, 6.45) is 0.411. The number of esters is 1. The van der Waals surface area contributed by atoms with Gasteiger partial charge in [-0.2, -0.15) is 0 Å². The highest BCUT2D eigenvalue weighted by atomic mass is 16.5. The lowest BCUT2D eigenvalue weighted by molar-refractivity contribution is -0.145. The molecule has 0 aliphatic heterocycles. The molecule has 3 aromatic carbocycles. The molecule has 3 rings (SSSR count). The van der Waals surface area contributed by atoms with Crippen LogP contribution >= 0.6 is 0 Å². The summed E-state index contributed by atoms with van der Waals surface area (Å²) in [6, 6.07) is 22.9. The molecule has 0 aromatic heterocycles. The number of nitrogens with one attached hydrogen (secondary N) is 3. The van der Waals surface area contributed by atoms with Gasteiger partial charge in [0.1, 0.15) is 12.1 Å². The molecule has 0 aliphatic carbocycles. The molecule has 0 saturated heterocycles. The molecule has 36 heavy (non-hydrogen) atoms. The lowest BCUT2D eigenvalue weighted by Crippen LogP contribution is -2.53. The number of hydrogen-bond donors (Lipinski definition) is 3. The first kappa shape index (κ1) is 26.2. The summed E-state index contributed by atoms with van der Waals surface area (Å²) in [5, 5.41) is 8.22. The van der Waals surface area contributed by atoms with Gasteiger partial charge < -0.3 is 20.7 Å². The van der Waals surface area contributed by atoms with Gasteiger partial charge >= 0.3 is 5.97 Å². The molecule has 0 aliphatic rings. The number of hydrogen-bond acceptors (Lipinski definition) is 5. The molecule has 1 unspecified atom stereocenters. The van der Waals surface area contributed by atoms with Gasteiger partial charge in [-0.25, -0.2) is 4.79 Å². The lowest BCUT2D eigenvalue weighted by Gasteiger charge is -2.23. The van der Waals surface area contributed by atoms with E-state index in [0.717, 1.165) is 11.1 Å². The van der Waals surface area contributed by atoms with Gasteiger partial charge in [-0.3, -0.25) is 14.4 Å². The molecule has 3 N–H and O–H groups in total. The van der Waals surface area contributed by atoms with E-state index in [1.165, 1.54) is 14.0 Å². The molecule has 8 nitrogen and oxygen atoms in total. The van der Waals surface area contributed by atoms with Gasteiger partial charge in [0, 0.05) is 31.0 Å². The maximum absolute atomic E-state index is 13.4. The smallest absolute Gasteiger partial charge is 0.328 e. The monoisotopic (exact) mass is 487 g/mol. The van der Waals surface area contributed by atoms with Crippen LogP contribution in [0.25, 0.3) is 0 Å². The minimum atomic E-state index is -0.966. The summed E-state index contributed by atoms with van der Waals surface area (Å²) < 4.78 is 4.90. The van der Waals surface area contributed by atoms with Crippen molar-refractivity contribution in [2.75, 3.05) is 12.4 Å². The second-order valence-electron chi connectivity index (χ2n) is 8.25. The lowest BCUT2D eigenvalue weighted by atomic mass is 10.0. The molecule has 3 aromatic rings. The second-order valence-corrected chi connectivity index (χ2v) is 8.25. The molecule has 0 saturated carbocycles. The van der Waals surface area contributed by atoms with Crippen LogP contribution in [0.15, 0.2) is 84.9 Å². The first-order chi connectivity index (χ1) is 17.4. The first-order valence-electron chi connectivity index (χ1n) is 11.5. The molecule has 0 heterocycles. The molecule has 8 heteroatoms. The van der Waals surface area contributed by atoms with Crippen molar-refractivity contribution >= 4 is 29.4 Å². The van der Waals surface area contributed by atoms with Gasteiger partial charge in [0.05, 0.1) is 7.11 Å². The summed E-state index contributed by atoms with van der Waals surface area (Å²) in [7, 11) is 1.26. The zero-order chi connectivity index (χ0) is 25.9. The fraction of sp³-hybridized carbons (Fsp3) is 0.214. The van der Waals surface area contributed by atoms with Gasteiger partial charge in [-0.1, -0.05) is 60.7 Å². The van der Waals surface area contributed by atoms with E-state index in [9.17, 15) is 19.2 Å². The molecular formula is C28H29N3O5. The third-order valence-electron chi connectivity index (χ3n) is 5.46. The number of carbonyl (C=O) groups excluding carboxylic acids is 4. The van der Waals surface area contributed by atoms with Crippen LogP contribution in [0.1, 0.15) is 28.4 Å². The minimum absolute atomic E-state index is 0.171. The van der Waals surface area contributed by atoms with Crippen LogP contribution in [0.5, 0.6) is 0 Å². The Morgan fingerprint density at radius 1 is 0.722 bits per heavy atom. The SMILES string of the molecule is COC(=O)C(Cc1ccccc1)NC(=O)[C@H](Cc1ccc(NC(C)=O)cc1)NC(=O)c1ccccc1. The molecule has 3 amide bonds. The van der Waals surface area contributed by atoms with Crippen molar-refractivity contribution in [2.24, 2.45) is 0 Å². The van der Waals surface area contributed by atoms with Crippen LogP contribution in [0, 0.1) is 0 Å². The molecule has 2 atom stereocenters.